The summed E-state index contributed by atoms with van der Waals surface area (Å²) in [4.78, 5) is 30.4. The van der Waals surface area contributed by atoms with Crippen LogP contribution in [-0.4, -0.2) is 35.3 Å². The maximum atomic E-state index is 13.0. The number of methoxy groups -OCH3 is 2. The molecule has 0 aliphatic rings. The highest BCUT2D eigenvalue weighted by Gasteiger charge is 2.18. The van der Waals surface area contributed by atoms with E-state index in [1.165, 1.54) is 18.9 Å². The molecule has 152 valence electrons. The Morgan fingerprint density at radius 3 is 2.55 bits per heavy atom. The van der Waals surface area contributed by atoms with Crippen molar-refractivity contribution in [3.8, 4) is 11.5 Å². The first-order valence-electron chi connectivity index (χ1n) is 9.39. The van der Waals surface area contributed by atoms with E-state index < -0.39 is 0 Å². The van der Waals surface area contributed by atoms with E-state index in [0.29, 0.717) is 33.1 Å². The van der Waals surface area contributed by atoms with Crippen LogP contribution in [0.3, 0.4) is 0 Å². The van der Waals surface area contributed by atoms with Crippen LogP contribution in [0.1, 0.15) is 36.7 Å². The first-order valence-corrected chi connectivity index (χ1v) is 10.4. The molecular weight excluding hydrogens is 388 g/mol. The Bertz CT molecular complexity index is 1090. The van der Waals surface area contributed by atoms with E-state index in [0.717, 1.165) is 6.42 Å². The molecule has 1 atom stereocenters. The molecule has 0 spiro atoms. The molecule has 0 unspecified atom stereocenters. The Kier molecular flexibility index (Phi) is 6.59. The second-order valence-electron chi connectivity index (χ2n) is 6.63. The van der Waals surface area contributed by atoms with E-state index >= 15 is 0 Å². The molecule has 6 nitrogen and oxygen atoms in total. The smallest absolute Gasteiger partial charge is 0.262 e. The number of hydrogen-bond acceptors (Lipinski definition) is 6. The molecule has 29 heavy (non-hydrogen) atoms. The van der Waals surface area contributed by atoms with Crippen molar-refractivity contribution in [1.82, 2.24) is 9.55 Å². The SMILES string of the molecule is CC[C@@H](C)n1c(SCC(=O)c2ccc(OC)c(OC)c2)nc2ccccc2c1=O. The van der Waals surface area contributed by atoms with Crippen LogP contribution in [-0.2, 0) is 0 Å². The second-order valence-corrected chi connectivity index (χ2v) is 7.57. The lowest BCUT2D eigenvalue weighted by Crippen LogP contribution is -2.26. The minimum Gasteiger partial charge on any atom is -0.493 e. The molecule has 0 aliphatic carbocycles. The summed E-state index contributed by atoms with van der Waals surface area (Å²) in [5.41, 5.74) is 1.08. The molecule has 0 saturated heterocycles. The van der Waals surface area contributed by atoms with Gasteiger partial charge >= 0.3 is 0 Å². The van der Waals surface area contributed by atoms with Crippen LogP contribution < -0.4 is 15.0 Å². The highest BCUT2D eigenvalue weighted by Crippen LogP contribution is 2.29. The number of benzene rings is 2. The van der Waals surface area contributed by atoms with Crippen molar-refractivity contribution in [2.45, 2.75) is 31.5 Å². The Hall–Kier alpha value is -2.80. The number of para-hydroxylation sites is 1. The number of aromatic nitrogens is 2. The fraction of sp³-hybridized carbons (Fsp3) is 0.318. The zero-order chi connectivity index (χ0) is 21.0. The third kappa shape index (κ3) is 4.29. The van der Waals surface area contributed by atoms with Crippen LogP contribution in [0.25, 0.3) is 10.9 Å². The topological polar surface area (TPSA) is 70.4 Å². The predicted molar refractivity (Wildman–Crippen MR) is 116 cm³/mol. The Balaban J connectivity index is 1.92. The van der Waals surface area contributed by atoms with Gasteiger partial charge in [-0.3, -0.25) is 14.2 Å². The van der Waals surface area contributed by atoms with Crippen LogP contribution in [0, 0.1) is 0 Å². The summed E-state index contributed by atoms with van der Waals surface area (Å²) < 4.78 is 12.2. The molecule has 1 aromatic heterocycles. The monoisotopic (exact) mass is 412 g/mol. The number of carbonyl (C=O) groups excluding carboxylic acids is 1. The molecule has 0 N–H and O–H groups in total. The molecule has 3 rings (SSSR count). The number of ketones is 1. The lowest BCUT2D eigenvalue weighted by atomic mass is 10.1. The fourth-order valence-corrected chi connectivity index (χ4v) is 4.01. The molecule has 7 heteroatoms. The number of rotatable bonds is 8. The Morgan fingerprint density at radius 2 is 1.86 bits per heavy atom. The summed E-state index contributed by atoms with van der Waals surface area (Å²) in [5, 5.41) is 1.14. The molecule has 0 saturated carbocycles. The van der Waals surface area contributed by atoms with Gasteiger partial charge in [-0.1, -0.05) is 30.8 Å². The van der Waals surface area contributed by atoms with Gasteiger partial charge in [-0.25, -0.2) is 4.98 Å². The third-order valence-corrected chi connectivity index (χ3v) is 5.80. The molecule has 2 aromatic carbocycles. The minimum atomic E-state index is -0.0778. The minimum absolute atomic E-state index is 0.0155. The molecule has 0 radical (unpaired) electrons. The molecule has 0 fully saturated rings. The number of ether oxygens (including phenoxy) is 2. The van der Waals surface area contributed by atoms with Crippen molar-refractivity contribution in [2.24, 2.45) is 0 Å². The standard InChI is InChI=1S/C22H24N2O4S/c1-5-14(2)24-21(26)16-8-6-7-9-17(16)23-22(24)29-13-18(25)15-10-11-19(27-3)20(12-15)28-4/h6-12,14H,5,13H2,1-4H3/t14-/m1/s1. The van der Waals surface area contributed by atoms with Crippen molar-refractivity contribution < 1.29 is 14.3 Å². The zero-order valence-corrected chi connectivity index (χ0v) is 17.8. The van der Waals surface area contributed by atoms with Crippen molar-refractivity contribution in [2.75, 3.05) is 20.0 Å². The number of fused-ring (bicyclic) bond motifs is 1. The van der Waals surface area contributed by atoms with Gasteiger partial charge < -0.3 is 9.47 Å². The summed E-state index contributed by atoms with van der Waals surface area (Å²) in [7, 11) is 3.08. The highest BCUT2D eigenvalue weighted by atomic mass is 32.2. The molecule has 3 aromatic rings. The van der Waals surface area contributed by atoms with Crippen molar-refractivity contribution in [1.29, 1.82) is 0 Å². The lowest BCUT2D eigenvalue weighted by molar-refractivity contribution is 0.102. The van der Waals surface area contributed by atoms with Crippen molar-refractivity contribution in [3.05, 3.63) is 58.4 Å². The number of hydrogen-bond donors (Lipinski definition) is 0. The van der Waals surface area contributed by atoms with Crippen molar-refractivity contribution in [3.63, 3.8) is 0 Å². The Morgan fingerprint density at radius 1 is 1.14 bits per heavy atom. The first-order chi connectivity index (χ1) is 14.0. The van der Waals surface area contributed by atoms with Crippen LogP contribution >= 0.6 is 11.8 Å². The summed E-state index contributed by atoms with van der Waals surface area (Å²) in [6, 6.07) is 12.4. The van der Waals surface area contributed by atoms with Crippen LogP contribution in [0.4, 0.5) is 0 Å². The van der Waals surface area contributed by atoms with E-state index in [4.69, 9.17) is 9.47 Å². The van der Waals surface area contributed by atoms with Gasteiger partial charge in [-0.15, -0.1) is 0 Å². The maximum Gasteiger partial charge on any atom is 0.262 e. The van der Waals surface area contributed by atoms with Gasteiger partial charge in [0.25, 0.3) is 5.56 Å². The number of thioether (sulfide) groups is 1. The molecule has 1 heterocycles. The summed E-state index contributed by atoms with van der Waals surface area (Å²) >= 11 is 1.28. The Labute approximate surface area is 173 Å². The van der Waals surface area contributed by atoms with Crippen LogP contribution in [0.5, 0.6) is 11.5 Å². The largest absolute Gasteiger partial charge is 0.493 e. The van der Waals surface area contributed by atoms with E-state index in [9.17, 15) is 9.59 Å². The predicted octanol–water partition coefficient (Wildman–Crippen LogP) is 4.36. The number of carbonyl (C=O) groups is 1. The zero-order valence-electron chi connectivity index (χ0n) is 17.0. The summed E-state index contributed by atoms with van der Waals surface area (Å²) in [5.74, 6) is 1.16. The van der Waals surface area contributed by atoms with Crippen LogP contribution in [0.2, 0.25) is 0 Å². The average Bonchev–Trinajstić information content (AvgIpc) is 2.76. The lowest BCUT2D eigenvalue weighted by Gasteiger charge is -2.18. The van der Waals surface area contributed by atoms with E-state index in [2.05, 4.69) is 4.98 Å². The summed E-state index contributed by atoms with van der Waals surface area (Å²) in [6.07, 6.45) is 0.789. The van der Waals surface area contributed by atoms with Crippen LogP contribution in [0.15, 0.2) is 52.4 Å². The van der Waals surface area contributed by atoms with Gasteiger partial charge in [-0.2, -0.15) is 0 Å². The second kappa shape index (κ2) is 9.13. The molecule has 0 bridgehead atoms. The van der Waals surface area contributed by atoms with Gasteiger partial charge in [-0.05, 0) is 43.7 Å². The molecule has 0 amide bonds. The highest BCUT2D eigenvalue weighted by molar-refractivity contribution is 7.99. The van der Waals surface area contributed by atoms with Gasteiger partial charge in [0.15, 0.2) is 22.4 Å². The number of Topliss-reactive ketones (excluding diaryl/α,β-unsaturated/α-hetero) is 1. The number of nitrogens with zero attached hydrogens (tertiary/aromatic N) is 2. The van der Waals surface area contributed by atoms with E-state index in [1.807, 2.05) is 32.0 Å². The van der Waals surface area contributed by atoms with E-state index in [1.54, 1.807) is 35.9 Å². The summed E-state index contributed by atoms with van der Waals surface area (Å²) in [6.45, 7) is 4.01. The fourth-order valence-electron chi connectivity index (χ4n) is 3.02. The first kappa shape index (κ1) is 20.9. The van der Waals surface area contributed by atoms with Gasteiger partial charge in [0, 0.05) is 11.6 Å². The van der Waals surface area contributed by atoms with Crippen molar-refractivity contribution >= 4 is 28.4 Å². The van der Waals surface area contributed by atoms with E-state index in [-0.39, 0.29) is 23.1 Å². The van der Waals surface area contributed by atoms with Gasteiger partial charge in [0.1, 0.15) is 0 Å². The quantitative estimate of drug-likeness (QED) is 0.311. The third-order valence-electron chi connectivity index (χ3n) is 4.84. The van der Waals surface area contributed by atoms with Gasteiger partial charge in [0.2, 0.25) is 0 Å². The maximum absolute atomic E-state index is 13.0. The van der Waals surface area contributed by atoms with Gasteiger partial charge in [0.05, 0.1) is 30.9 Å². The normalized spacial score (nSPS) is 12.0. The molecule has 0 aliphatic heterocycles. The average molecular weight is 413 g/mol. The molecular formula is C22H24N2O4S.